The zero-order valence-corrected chi connectivity index (χ0v) is 36.4. The van der Waals surface area contributed by atoms with E-state index in [1.165, 1.54) is 67.8 Å². The van der Waals surface area contributed by atoms with Crippen molar-refractivity contribution in [3.63, 3.8) is 0 Å². The largest absolute Gasteiger partial charge is 0.472 e. The third kappa shape index (κ3) is 11.5. The lowest BCUT2D eigenvalue weighted by atomic mass is 9.85. The Hall–Kier alpha value is -5.15. The molecule has 0 aromatic carbocycles. The first-order valence-electron chi connectivity index (χ1n) is 20.0. The molecule has 16 heteroatoms. The predicted molar refractivity (Wildman–Crippen MR) is 216 cm³/mol. The van der Waals surface area contributed by atoms with E-state index in [0.717, 1.165) is 0 Å². The van der Waals surface area contributed by atoms with Crippen LogP contribution in [0.5, 0.6) is 0 Å². The van der Waals surface area contributed by atoms with Crippen LogP contribution < -0.4 is 21.3 Å². The maximum absolute atomic E-state index is 14.4. The van der Waals surface area contributed by atoms with Crippen molar-refractivity contribution in [3.8, 4) is 0 Å². The van der Waals surface area contributed by atoms with Crippen molar-refractivity contribution in [2.75, 3.05) is 21.1 Å². The number of likely N-dealkylation sites (N-methyl/N-ethyl adjacent to an activating group) is 3. The van der Waals surface area contributed by atoms with Crippen LogP contribution in [-0.4, -0.2) is 119 Å². The van der Waals surface area contributed by atoms with Gasteiger partial charge in [0, 0.05) is 34.0 Å². The van der Waals surface area contributed by atoms with Gasteiger partial charge in [-0.05, 0) is 53.4 Å². The molecule has 8 unspecified atom stereocenters. The Balaban J connectivity index is 2.23. The van der Waals surface area contributed by atoms with Crippen LogP contribution in [0, 0.1) is 23.2 Å². The van der Waals surface area contributed by atoms with Crippen molar-refractivity contribution < 1.29 is 42.4 Å². The van der Waals surface area contributed by atoms with Crippen molar-refractivity contribution in [2.45, 2.75) is 131 Å². The van der Waals surface area contributed by atoms with Crippen LogP contribution >= 0.6 is 0 Å². The topological polar surface area (TPSA) is 204 Å². The minimum atomic E-state index is -1.17. The summed E-state index contributed by atoms with van der Waals surface area (Å²) in [5, 5.41) is 11.4. The van der Waals surface area contributed by atoms with Crippen LogP contribution in [0.15, 0.2) is 46.0 Å². The molecule has 0 spiro atoms. The minimum Gasteiger partial charge on any atom is -0.472 e. The van der Waals surface area contributed by atoms with Gasteiger partial charge < -0.3 is 44.8 Å². The summed E-state index contributed by atoms with van der Waals surface area (Å²) in [7, 11) is 4.37. The molecular formula is C42H65N7O9. The fourth-order valence-electron chi connectivity index (χ4n) is 6.83. The molecule has 0 radical (unpaired) electrons. The summed E-state index contributed by atoms with van der Waals surface area (Å²) in [6, 6.07) is -4.60. The molecule has 2 aromatic rings. The highest BCUT2D eigenvalue weighted by molar-refractivity contribution is 5.99. The Morgan fingerprint density at radius 2 is 1.03 bits per heavy atom. The Bertz CT molecular complexity index is 1730. The van der Waals surface area contributed by atoms with E-state index in [2.05, 4.69) is 21.3 Å². The summed E-state index contributed by atoms with van der Waals surface area (Å²) in [6.07, 6.45) is 6.33. The SMILES string of the molecule is CCC(C)C1NC(=O)C(Cc2ccoc2)N(C)C(=O)C(C)N(C)C(=O)C(C(C)(C)C)NC(=O)C(Cc2ccoc2)N(C)C(=O)C(C(C)C)NC(=O)C(C(C)C)NC1=O. The smallest absolute Gasteiger partial charge is 0.246 e. The van der Waals surface area contributed by atoms with Crippen molar-refractivity contribution in [1.82, 2.24) is 36.0 Å². The Kier molecular flexibility index (Phi) is 16.3. The van der Waals surface area contributed by atoms with Crippen LogP contribution in [0.2, 0.25) is 0 Å². The molecule has 3 rings (SSSR count). The molecular weight excluding hydrogens is 747 g/mol. The molecule has 4 N–H and O–H groups in total. The summed E-state index contributed by atoms with van der Waals surface area (Å²) in [4.78, 5) is 104. The quantitative estimate of drug-likeness (QED) is 0.309. The van der Waals surface area contributed by atoms with Crippen molar-refractivity contribution in [2.24, 2.45) is 23.2 Å². The van der Waals surface area contributed by atoms with Gasteiger partial charge in [-0.3, -0.25) is 33.6 Å². The first kappa shape index (κ1) is 47.2. The number of carbonyl (C=O) groups is 7. The van der Waals surface area contributed by atoms with Gasteiger partial charge in [0.1, 0.15) is 42.3 Å². The summed E-state index contributed by atoms with van der Waals surface area (Å²) in [6.45, 7) is 17.5. The fourth-order valence-corrected chi connectivity index (χ4v) is 6.83. The van der Waals surface area contributed by atoms with E-state index < -0.39 is 107 Å². The molecule has 1 saturated heterocycles. The molecule has 8 atom stereocenters. The van der Waals surface area contributed by atoms with Gasteiger partial charge >= 0.3 is 0 Å². The third-order valence-corrected chi connectivity index (χ3v) is 11.2. The lowest BCUT2D eigenvalue weighted by Gasteiger charge is -2.39. The summed E-state index contributed by atoms with van der Waals surface area (Å²) in [5.41, 5.74) is 0.352. The van der Waals surface area contributed by atoms with E-state index in [1.54, 1.807) is 67.5 Å². The van der Waals surface area contributed by atoms with Crippen LogP contribution in [0.25, 0.3) is 0 Å². The molecule has 0 aliphatic carbocycles. The number of nitrogens with one attached hydrogen (secondary N) is 4. The number of amides is 7. The first-order chi connectivity index (χ1) is 27.0. The van der Waals surface area contributed by atoms with Crippen LogP contribution in [0.3, 0.4) is 0 Å². The Morgan fingerprint density at radius 1 is 0.603 bits per heavy atom. The second kappa shape index (κ2) is 20.0. The summed E-state index contributed by atoms with van der Waals surface area (Å²) in [5.74, 6) is -5.53. The van der Waals surface area contributed by atoms with Gasteiger partial charge in [-0.15, -0.1) is 0 Å². The van der Waals surface area contributed by atoms with E-state index >= 15 is 0 Å². The first-order valence-corrected chi connectivity index (χ1v) is 20.0. The van der Waals surface area contributed by atoms with Gasteiger partial charge in [0.15, 0.2) is 0 Å². The predicted octanol–water partition coefficient (Wildman–Crippen LogP) is 2.52. The monoisotopic (exact) mass is 811 g/mol. The van der Waals surface area contributed by atoms with E-state index in [1.807, 2.05) is 6.92 Å². The van der Waals surface area contributed by atoms with Crippen LogP contribution in [-0.2, 0) is 46.4 Å². The molecule has 7 amide bonds. The number of furan rings is 2. The molecule has 2 aromatic heterocycles. The molecule has 3 heterocycles. The van der Waals surface area contributed by atoms with E-state index in [4.69, 9.17) is 8.83 Å². The fraction of sp³-hybridized carbons (Fsp3) is 0.643. The van der Waals surface area contributed by atoms with Crippen molar-refractivity contribution in [3.05, 3.63) is 48.3 Å². The molecule has 16 nitrogen and oxygen atoms in total. The second-order valence-corrected chi connectivity index (χ2v) is 17.4. The molecule has 1 aliphatic rings. The second-order valence-electron chi connectivity index (χ2n) is 17.4. The standard InChI is InChI=1S/C42H65N7O9/c1-14-25(6)33-38(53)43-31(23(2)3)37(52)44-32(24(4)5)40(55)49(13)30(20-28-16-18-58-22-28)36(51)46-34(42(8,9)10)41(56)47(11)26(7)39(54)48(12)29(35(50)45-33)19-27-15-17-57-21-27/h15-18,21-26,29-34H,14,19-20H2,1-13H3,(H,43,53)(H,44,52)(H,45,50)(H,46,51). The molecule has 58 heavy (non-hydrogen) atoms. The molecule has 0 saturated carbocycles. The maximum atomic E-state index is 14.4. The molecule has 0 bridgehead atoms. The highest BCUT2D eigenvalue weighted by Gasteiger charge is 2.43. The van der Waals surface area contributed by atoms with Gasteiger partial charge in [0.2, 0.25) is 41.4 Å². The lowest BCUT2D eigenvalue weighted by Crippen LogP contribution is -2.62. The summed E-state index contributed by atoms with van der Waals surface area (Å²) >= 11 is 0. The van der Waals surface area contributed by atoms with Gasteiger partial charge in [-0.2, -0.15) is 0 Å². The number of carbonyl (C=O) groups excluding carboxylic acids is 7. The normalized spacial score (nSPS) is 26.3. The summed E-state index contributed by atoms with van der Waals surface area (Å²) < 4.78 is 10.5. The van der Waals surface area contributed by atoms with E-state index in [0.29, 0.717) is 17.5 Å². The third-order valence-electron chi connectivity index (χ3n) is 11.2. The van der Waals surface area contributed by atoms with Gasteiger partial charge in [0.05, 0.1) is 25.1 Å². The van der Waals surface area contributed by atoms with Gasteiger partial charge in [0.25, 0.3) is 0 Å². The molecule has 1 aliphatic heterocycles. The number of hydrogen-bond acceptors (Lipinski definition) is 9. The van der Waals surface area contributed by atoms with Crippen molar-refractivity contribution >= 4 is 41.4 Å². The average Bonchev–Trinajstić information content (AvgIpc) is 3.89. The zero-order valence-electron chi connectivity index (χ0n) is 36.4. The number of nitrogens with zero attached hydrogens (tertiary/aromatic N) is 3. The van der Waals surface area contributed by atoms with E-state index in [-0.39, 0.29) is 12.8 Å². The lowest BCUT2D eigenvalue weighted by molar-refractivity contribution is -0.150. The average molecular weight is 812 g/mol. The Labute approximate surface area is 342 Å². The van der Waals surface area contributed by atoms with E-state index in [9.17, 15) is 33.6 Å². The number of rotatable bonds is 8. The minimum absolute atomic E-state index is 0.0185. The maximum Gasteiger partial charge on any atom is 0.246 e. The highest BCUT2D eigenvalue weighted by atomic mass is 16.3. The van der Waals surface area contributed by atoms with Crippen LogP contribution in [0.4, 0.5) is 0 Å². The molecule has 1 fully saturated rings. The van der Waals surface area contributed by atoms with Gasteiger partial charge in [-0.1, -0.05) is 68.7 Å². The highest BCUT2D eigenvalue weighted by Crippen LogP contribution is 2.24. The van der Waals surface area contributed by atoms with Crippen LogP contribution in [0.1, 0.15) is 86.8 Å². The van der Waals surface area contributed by atoms with Gasteiger partial charge in [-0.25, -0.2) is 0 Å². The molecule has 322 valence electrons. The Morgan fingerprint density at radius 3 is 1.47 bits per heavy atom. The number of hydrogen-bond donors (Lipinski definition) is 4. The van der Waals surface area contributed by atoms with Crippen molar-refractivity contribution in [1.29, 1.82) is 0 Å². The zero-order chi connectivity index (χ0) is 43.8.